The summed E-state index contributed by atoms with van der Waals surface area (Å²) in [5.41, 5.74) is 4.41. The van der Waals surface area contributed by atoms with Crippen molar-refractivity contribution in [3.05, 3.63) is 23.3 Å². The van der Waals surface area contributed by atoms with Crippen molar-refractivity contribution in [2.75, 3.05) is 17.2 Å². The number of carbonyl (C=O) groups is 1. The molecule has 0 spiro atoms. The van der Waals surface area contributed by atoms with Crippen LogP contribution in [-0.2, 0) is 4.79 Å². The topological polar surface area (TPSA) is 41.1 Å². The summed E-state index contributed by atoms with van der Waals surface area (Å²) >= 11 is 0. The molecule has 1 amide bonds. The molecule has 3 heteroatoms. The molecule has 0 aromatic heterocycles. The van der Waals surface area contributed by atoms with Crippen molar-refractivity contribution in [2.24, 2.45) is 11.8 Å². The van der Waals surface area contributed by atoms with Gasteiger partial charge in [-0.2, -0.15) is 0 Å². The molecule has 1 aromatic carbocycles. The monoisotopic (exact) mass is 246 g/mol. The van der Waals surface area contributed by atoms with Crippen LogP contribution in [0.2, 0.25) is 0 Å². The number of fused-ring (bicyclic) bond motifs is 1. The predicted molar refractivity (Wildman–Crippen MR) is 76.0 cm³/mol. The summed E-state index contributed by atoms with van der Waals surface area (Å²) in [6.07, 6.45) is 0.921. The predicted octanol–water partition coefficient (Wildman–Crippen LogP) is 3.33. The van der Waals surface area contributed by atoms with Crippen molar-refractivity contribution in [3.63, 3.8) is 0 Å². The lowest BCUT2D eigenvalue weighted by Gasteiger charge is -2.15. The fourth-order valence-electron chi connectivity index (χ4n) is 2.39. The summed E-state index contributed by atoms with van der Waals surface area (Å²) in [5.74, 6) is 0.725. The van der Waals surface area contributed by atoms with Crippen molar-refractivity contribution in [2.45, 2.75) is 34.1 Å². The molecule has 0 fully saturated rings. The number of hydrogen-bond acceptors (Lipinski definition) is 2. The second-order valence-corrected chi connectivity index (χ2v) is 5.68. The normalized spacial score (nSPS) is 18.9. The summed E-state index contributed by atoms with van der Waals surface area (Å²) in [4.78, 5) is 12.2. The van der Waals surface area contributed by atoms with Gasteiger partial charge in [-0.1, -0.05) is 13.8 Å². The second-order valence-electron chi connectivity index (χ2n) is 5.68. The van der Waals surface area contributed by atoms with Crippen molar-refractivity contribution in [1.82, 2.24) is 0 Å². The summed E-state index contributed by atoms with van der Waals surface area (Å²) < 4.78 is 0. The van der Waals surface area contributed by atoms with E-state index in [0.717, 1.165) is 24.3 Å². The number of amides is 1. The molecule has 1 heterocycles. The maximum absolute atomic E-state index is 12.2. The number of rotatable bonds is 2. The molecular weight excluding hydrogens is 224 g/mol. The Labute approximate surface area is 109 Å². The zero-order chi connectivity index (χ0) is 13.3. The van der Waals surface area contributed by atoms with Crippen LogP contribution in [0.1, 0.15) is 31.4 Å². The number of anilines is 2. The molecule has 1 atom stereocenters. The highest BCUT2D eigenvalue weighted by Crippen LogP contribution is 2.30. The Morgan fingerprint density at radius 1 is 1.22 bits per heavy atom. The standard InChI is InChI=1S/C15H22N2O/c1-9(2)5-12-8-16-13-6-10(3)11(4)7-14(13)17-15(12)18/h6-7,9,12,16H,5,8H2,1-4H3,(H,17,18). The van der Waals surface area contributed by atoms with Crippen LogP contribution in [0.15, 0.2) is 12.1 Å². The molecule has 18 heavy (non-hydrogen) atoms. The number of aryl methyl sites for hydroxylation is 2. The number of nitrogens with one attached hydrogen (secondary N) is 2. The van der Waals surface area contributed by atoms with E-state index in [0.29, 0.717) is 5.92 Å². The van der Waals surface area contributed by atoms with Gasteiger partial charge in [0.25, 0.3) is 0 Å². The molecule has 1 aromatic rings. The zero-order valence-corrected chi connectivity index (χ0v) is 11.6. The summed E-state index contributed by atoms with van der Waals surface area (Å²) in [7, 11) is 0. The molecule has 2 rings (SSSR count). The molecule has 0 radical (unpaired) electrons. The third kappa shape index (κ3) is 2.66. The van der Waals surface area contributed by atoms with Crippen molar-refractivity contribution < 1.29 is 4.79 Å². The first-order valence-electron chi connectivity index (χ1n) is 6.63. The minimum atomic E-state index is 0.0537. The number of hydrogen-bond donors (Lipinski definition) is 2. The van der Waals surface area contributed by atoms with Gasteiger partial charge in [0, 0.05) is 6.54 Å². The molecule has 1 aliphatic rings. The van der Waals surface area contributed by atoms with Crippen LogP contribution in [0, 0.1) is 25.7 Å². The lowest BCUT2D eigenvalue weighted by Crippen LogP contribution is -2.27. The van der Waals surface area contributed by atoms with Crippen molar-refractivity contribution in [3.8, 4) is 0 Å². The minimum absolute atomic E-state index is 0.0537. The van der Waals surface area contributed by atoms with Gasteiger partial charge in [0.15, 0.2) is 0 Å². The highest BCUT2D eigenvalue weighted by molar-refractivity contribution is 5.97. The highest BCUT2D eigenvalue weighted by atomic mass is 16.1. The molecule has 98 valence electrons. The quantitative estimate of drug-likeness (QED) is 0.840. The Kier molecular flexibility index (Phi) is 3.60. The minimum Gasteiger partial charge on any atom is -0.383 e. The van der Waals surface area contributed by atoms with Crippen LogP contribution in [0.4, 0.5) is 11.4 Å². The lowest BCUT2D eigenvalue weighted by atomic mass is 9.96. The van der Waals surface area contributed by atoms with Gasteiger partial charge < -0.3 is 10.6 Å². The van der Waals surface area contributed by atoms with Gasteiger partial charge in [-0.05, 0) is 49.4 Å². The molecule has 2 N–H and O–H groups in total. The van der Waals surface area contributed by atoms with Crippen LogP contribution in [-0.4, -0.2) is 12.5 Å². The van der Waals surface area contributed by atoms with Crippen LogP contribution in [0.5, 0.6) is 0 Å². The van der Waals surface area contributed by atoms with Crippen LogP contribution < -0.4 is 10.6 Å². The van der Waals surface area contributed by atoms with Gasteiger partial charge in [0.1, 0.15) is 0 Å². The van der Waals surface area contributed by atoms with Crippen molar-refractivity contribution in [1.29, 1.82) is 0 Å². The molecule has 1 aliphatic heterocycles. The van der Waals surface area contributed by atoms with Crippen LogP contribution >= 0.6 is 0 Å². The van der Waals surface area contributed by atoms with Crippen LogP contribution in [0.25, 0.3) is 0 Å². The number of carbonyl (C=O) groups excluding carboxylic acids is 1. The maximum atomic E-state index is 12.2. The maximum Gasteiger partial charge on any atom is 0.229 e. The molecule has 0 bridgehead atoms. The fourth-order valence-corrected chi connectivity index (χ4v) is 2.39. The van der Waals surface area contributed by atoms with Gasteiger partial charge in [-0.3, -0.25) is 4.79 Å². The Hall–Kier alpha value is -1.51. The molecule has 1 unspecified atom stereocenters. The summed E-state index contributed by atoms with van der Waals surface area (Å²) in [6.45, 7) is 9.19. The Balaban J connectivity index is 2.24. The van der Waals surface area contributed by atoms with Gasteiger partial charge in [0.2, 0.25) is 5.91 Å². The Morgan fingerprint density at radius 3 is 2.44 bits per heavy atom. The van der Waals surface area contributed by atoms with E-state index < -0.39 is 0 Å². The third-order valence-corrected chi connectivity index (χ3v) is 3.56. The smallest absolute Gasteiger partial charge is 0.229 e. The van der Waals surface area contributed by atoms with E-state index >= 15 is 0 Å². The first-order valence-corrected chi connectivity index (χ1v) is 6.63. The van der Waals surface area contributed by atoms with E-state index in [4.69, 9.17) is 0 Å². The first-order chi connectivity index (χ1) is 8.47. The molecule has 0 saturated heterocycles. The zero-order valence-electron chi connectivity index (χ0n) is 11.6. The van der Waals surface area contributed by atoms with Crippen molar-refractivity contribution >= 4 is 17.3 Å². The van der Waals surface area contributed by atoms with E-state index in [-0.39, 0.29) is 11.8 Å². The molecular formula is C15H22N2O. The highest BCUT2D eigenvalue weighted by Gasteiger charge is 2.24. The average molecular weight is 246 g/mol. The molecule has 0 aliphatic carbocycles. The van der Waals surface area contributed by atoms with Crippen LogP contribution in [0.3, 0.4) is 0 Å². The third-order valence-electron chi connectivity index (χ3n) is 3.56. The summed E-state index contributed by atoms with van der Waals surface area (Å²) in [5, 5.41) is 6.44. The second kappa shape index (κ2) is 5.01. The van der Waals surface area contributed by atoms with E-state index in [2.05, 4.69) is 44.4 Å². The van der Waals surface area contributed by atoms with Gasteiger partial charge in [-0.15, -0.1) is 0 Å². The fraction of sp³-hybridized carbons (Fsp3) is 0.533. The van der Waals surface area contributed by atoms with Gasteiger partial charge in [0.05, 0.1) is 17.3 Å². The largest absolute Gasteiger partial charge is 0.383 e. The van der Waals surface area contributed by atoms with Gasteiger partial charge >= 0.3 is 0 Å². The van der Waals surface area contributed by atoms with Gasteiger partial charge in [-0.25, -0.2) is 0 Å². The molecule has 0 saturated carbocycles. The lowest BCUT2D eigenvalue weighted by molar-refractivity contribution is -0.119. The summed E-state index contributed by atoms with van der Waals surface area (Å²) in [6, 6.07) is 4.16. The Bertz CT molecular complexity index is 466. The van der Waals surface area contributed by atoms with E-state index in [1.54, 1.807) is 0 Å². The average Bonchev–Trinajstić information content (AvgIpc) is 2.41. The number of benzene rings is 1. The van der Waals surface area contributed by atoms with E-state index in [1.807, 2.05) is 6.07 Å². The SMILES string of the molecule is Cc1cc2c(cc1C)NC(=O)C(CC(C)C)CN2. The molecule has 3 nitrogen and oxygen atoms in total. The Morgan fingerprint density at radius 2 is 1.83 bits per heavy atom. The first kappa shape index (κ1) is 12.9. The van der Waals surface area contributed by atoms with E-state index in [9.17, 15) is 4.79 Å². The van der Waals surface area contributed by atoms with E-state index in [1.165, 1.54) is 11.1 Å².